The van der Waals surface area contributed by atoms with Crippen LogP contribution in [0.3, 0.4) is 0 Å². The second kappa shape index (κ2) is 5.62. The van der Waals surface area contributed by atoms with Crippen LogP contribution in [0.5, 0.6) is 0 Å². The SMILES string of the molecule is CC(OCc1ccc(F)cc1C(N)=S)C(F)(F)F. The number of hydrogen-bond donors (Lipinski definition) is 1. The number of halogens is 4. The molecule has 0 aliphatic carbocycles. The summed E-state index contributed by atoms with van der Waals surface area (Å²) in [7, 11) is 0. The fraction of sp³-hybridized carbons (Fsp3) is 0.364. The molecule has 1 atom stereocenters. The van der Waals surface area contributed by atoms with Crippen molar-refractivity contribution in [2.24, 2.45) is 5.73 Å². The summed E-state index contributed by atoms with van der Waals surface area (Å²) < 4.78 is 54.3. The number of hydrogen-bond acceptors (Lipinski definition) is 2. The highest BCUT2D eigenvalue weighted by molar-refractivity contribution is 7.80. The van der Waals surface area contributed by atoms with Crippen LogP contribution in [0, 0.1) is 5.82 Å². The van der Waals surface area contributed by atoms with Crippen LogP contribution in [0.25, 0.3) is 0 Å². The third kappa shape index (κ3) is 3.92. The van der Waals surface area contributed by atoms with Crippen molar-refractivity contribution in [2.75, 3.05) is 0 Å². The van der Waals surface area contributed by atoms with Gasteiger partial charge in [-0.05, 0) is 24.6 Å². The Bertz CT molecular complexity index is 447. The average Bonchev–Trinajstić information content (AvgIpc) is 2.25. The average molecular weight is 281 g/mol. The normalized spacial score (nSPS) is 13.4. The van der Waals surface area contributed by atoms with Gasteiger partial charge in [-0.1, -0.05) is 18.3 Å². The summed E-state index contributed by atoms with van der Waals surface area (Å²) in [6.07, 6.45) is -6.36. The third-order valence-electron chi connectivity index (χ3n) is 2.29. The van der Waals surface area contributed by atoms with E-state index in [1.807, 2.05) is 0 Å². The molecule has 0 saturated carbocycles. The maximum atomic E-state index is 13.0. The van der Waals surface area contributed by atoms with Gasteiger partial charge in [-0.3, -0.25) is 0 Å². The summed E-state index contributed by atoms with van der Waals surface area (Å²) in [5.41, 5.74) is 5.86. The van der Waals surface area contributed by atoms with Gasteiger partial charge in [0.1, 0.15) is 10.8 Å². The molecule has 0 spiro atoms. The smallest absolute Gasteiger partial charge is 0.389 e. The van der Waals surface area contributed by atoms with Crippen LogP contribution in [0.1, 0.15) is 18.1 Å². The molecule has 2 N–H and O–H groups in total. The number of alkyl halides is 3. The van der Waals surface area contributed by atoms with Crippen LogP contribution in [0.2, 0.25) is 0 Å². The molecular formula is C11H11F4NOS. The minimum atomic E-state index is -4.44. The molecule has 100 valence electrons. The summed E-state index contributed by atoms with van der Waals surface area (Å²) in [4.78, 5) is -0.0900. The Morgan fingerprint density at radius 1 is 1.44 bits per heavy atom. The zero-order chi connectivity index (χ0) is 13.9. The van der Waals surface area contributed by atoms with Crippen molar-refractivity contribution >= 4 is 17.2 Å². The first-order valence-electron chi connectivity index (χ1n) is 4.98. The highest BCUT2D eigenvalue weighted by Gasteiger charge is 2.36. The van der Waals surface area contributed by atoms with E-state index in [1.54, 1.807) is 0 Å². The van der Waals surface area contributed by atoms with Crippen LogP contribution in [-0.4, -0.2) is 17.3 Å². The monoisotopic (exact) mass is 281 g/mol. The number of benzene rings is 1. The van der Waals surface area contributed by atoms with Gasteiger partial charge in [0, 0.05) is 5.56 Å². The highest BCUT2D eigenvalue weighted by atomic mass is 32.1. The van der Waals surface area contributed by atoms with Crippen LogP contribution >= 0.6 is 12.2 Å². The van der Waals surface area contributed by atoms with E-state index >= 15 is 0 Å². The van der Waals surface area contributed by atoms with Crippen molar-refractivity contribution in [1.82, 2.24) is 0 Å². The maximum Gasteiger partial charge on any atom is 0.414 e. The minimum Gasteiger partial charge on any atom is -0.389 e. The van der Waals surface area contributed by atoms with Gasteiger partial charge >= 0.3 is 6.18 Å². The fourth-order valence-corrected chi connectivity index (χ4v) is 1.40. The predicted molar refractivity (Wildman–Crippen MR) is 62.6 cm³/mol. The largest absolute Gasteiger partial charge is 0.414 e. The Balaban J connectivity index is 2.82. The van der Waals surface area contributed by atoms with Crippen LogP contribution in [0.15, 0.2) is 18.2 Å². The van der Waals surface area contributed by atoms with Crippen molar-refractivity contribution in [3.63, 3.8) is 0 Å². The Hall–Kier alpha value is -1.21. The Morgan fingerprint density at radius 2 is 2.06 bits per heavy atom. The summed E-state index contributed by atoms with van der Waals surface area (Å²) in [6.45, 7) is 0.553. The van der Waals surface area contributed by atoms with Crippen LogP contribution in [-0.2, 0) is 11.3 Å². The number of rotatable bonds is 4. The Labute approximate surface area is 107 Å². The van der Waals surface area contributed by atoms with E-state index in [0.717, 1.165) is 19.1 Å². The molecule has 7 heteroatoms. The van der Waals surface area contributed by atoms with Crippen molar-refractivity contribution in [3.8, 4) is 0 Å². The fourth-order valence-electron chi connectivity index (χ4n) is 1.21. The van der Waals surface area contributed by atoms with Gasteiger partial charge in [-0.2, -0.15) is 13.2 Å². The molecule has 1 aromatic carbocycles. The standard InChI is InChI=1S/C11H11F4NOS/c1-6(11(13,14)15)17-5-7-2-3-8(12)4-9(7)10(16)18/h2-4,6H,5H2,1H3,(H2,16,18). The van der Waals surface area contributed by atoms with Gasteiger partial charge in [-0.15, -0.1) is 0 Å². The molecule has 1 rings (SSSR count). The minimum absolute atomic E-state index is 0.0900. The van der Waals surface area contributed by atoms with Crippen molar-refractivity contribution in [1.29, 1.82) is 0 Å². The lowest BCUT2D eigenvalue weighted by molar-refractivity contribution is -0.217. The first-order chi connectivity index (χ1) is 8.21. The predicted octanol–water partition coefficient (Wildman–Crippen LogP) is 2.93. The Kier molecular flexibility index (Phi) is 4.64. The van der Waals surface area contributed by atoms with Crippen LogP contribution < -0.4 is 5.73 Å². The van der Waals surface area contributed by atoms with Gasteiger partial charge in [0.2, 0.25) is 0 Å². The first kappa shape index (κ1) is 14.8. The lowest BCUT2D eigenvalue weighted by Gasteiger charge is -2.17. The van der Waals surface area contributed by atoms with Crippen LogP contribution in [0.4, 0.5) is 17.6 Å². The summed E-state index contributed by atoms with van der Waals surface area (Å²) in [5.74, 6) is -0.564. The van der Waals surface area contributed by atoms with Gasteiger partial charge in [0.05, 0.1) is 6.61 Å². The molecule has 0 aliphatic heterocycles. The molecule has 1 aromatic rings. The van der Waals surface area contributed by atoms with Gasteiger partial charge in [0.15, 0.2) is 6.10 Å². The van der Waals surface area contributed by atoms with E-state index in [2.05, 4.69) is 4.74 Å². The third-order valence-corrected chi connectivity index (χ3v) is 2.51. The zero-order valence-corrected chi connectivity index (χ0v) is 10.2. The Morgan fingerprint density at radius 3 is 2.56 bits per heavy atom. The molecule has 0 aliphatic rings. The van der Waals surface area contributed by atoms with E-state index < -0.39 is 18.1 Å². The van der Waals surface area contributed by atoms with Crippen molar-refractivity contribution in [3.05, 3.63) is 35.1 Å². The highest BCUT2D eigenvalue weighted by Crippen LogP contribution is 2.24. The summed E-state index contributed by atoms with van der Waals surface area (Å²) in [5, 5.41) is 0. The maximum absolute atomic E-state index is 13.0. The summed E-state index contributed by atoms with van der Waals surface area (Å²) >= 11 is 4.70. The quantitative estimate of drug-likeness (QED) is 0.681. The topological polar surface area (TPSA) is 35.2 Å². The first-order valence-corrected chi connectivity index (χ1v) is 5.39. The molecule has 0 amide bonds. The molecule has 2 nitrogen and oxygen atoms in total. The molecular weight excluding hydrogens is 270 g/mol. The van der Waals surface area contributed by atoms with E-state index in [0.29, 0.717) is 5.56 Å². The second-order valence-corrected chi connectivity index (χ2v) is 4.10. The van der Waals surface area contributed by atoms with E-state index in [4.69, 9.17) is 18.0 Å². The van der Waals surface area contributed by atoms with Gasteiger partial charge in [-0.25, -0.2) is 4.39 Å². The van der Waals surface area contributed by atoms with Crippen molar-refractivity contribution in [2.45, 2.75) is 25.8 Å². The van der Waals surface area contributed by atoms with Gasteiger partial charge in [0.25, 0.3) is 0 Å². The van der Waals surface area contributed by atoms with E-state index in [-0.39, 0.29) is 17.2 Å². The number of ether oxygens (including phenoxy) is 1. The number of nitrogens with two attached hydrogens (primary N) is 1. The zero-order valence-electron chi connectivity index (χ0n) is 9.42. The number of thiocarbonyl (C=S) groups is 1. The molecule has 0 bridgehead atoms. The molecule has 0 aromatic heterocycles. The molecule has 18 heavy (non-hydrogen) atoms. The van der Waals surface area contributed by atoms with Crippen molar-refractivity contribution < 1.29 is 22.3 Å². The molecule has 0 heterocycles. The van der Waals surface area contributed by atoms with E-state index in [1.165, 1.54) is 6.07 Å². The van der Waals surface area contributed by atoms with E-state index in [9.17, 15) is 17.6 Å². The molecule has 0 radical (unpaired) electrons. The molecule has 0 fully saturated rings. The lowest BCUT2D eigenvalue weighted by atomic mass is 10.1. The molecule has 1 unspecified atom stereocenters. The van der Waals surface area contributed by atoms with Gasteiger partial charge < -0.3 is 10.5 Å². The molecule has 0 saturated heterocycles. The second-order valence-electron chi connectivity index (χ2n) is 3.66. The summed E-state index contributed by atoms with van der Waals surface area (Å²) in [6, 6.07) is 3.48. The lowest BCUT2D eigenvalue weighted by Crippen LogP contribution is -2.28.